The normalized spacial score (nSPS) is 12.8. The van der Waals surface area contributed by atoms with Crippen LogP contribution in [0.4, 0.5) is 0 Å². The molecule has 0 saturated heterocycles. The van der Waals surface area contributed by atoms with Crippen LogP contribution in [0.25, 0.3) is 5.70 Å². The predicted octanol–water partition coefficient (Wildman–Crippen LogP) is 2.15. The predicted molar refractivity (Wildman–Crippen MR) is 92.4 cm³/mol. The van der Waals surface area contributed by atoms with E-state index in [1.54, 1.807) is 24.3 Å². The van der Waals surface area contributed by atoms with Crippen molar-refractivity contribution in [1.82, 2.24) is 4.90 Å². The highest BCUT2D eigenvalue weighted by molar-refractivity contribution is 5.69. The Kier molecular flexibility index (Phi) is 6.63. The van der Waals surface area contributed by atoms with E-state index in [9.17, 15) is 5.11 Å². The lowest BCUT2D eigenvalue weighted by atomic mass is 10.1. The second-order valence-electron chi connectivity index (χ2n) is 5.51. The summed E-state index contributed by atoms with van der Waals surface area (Å²) in [5.74, 6) is 0.883. The number of hydrogen-bond acceptors (Lipinski definition) is 5. The van der Waals surface area contributed by atoms with Crippen LogP contribution in [-0.2, 0) is 0 Å². The summed E-state index contributed by atoms with van der Waals surface area (Å²) >= 11 is 0. The van der Waals surface area contributed by atoms with E-state index in [1.165, 1.54) is 0 Å². The first-order chi connectivity index (χ1) is 10.4. The highest BCUT2D eigenvalue weighted by Gasteiger charge is 2.13. The van der Waals surface area contributed by atoms with Gasteiger partial charge in [-0.05, 0) is 31.1 Å². The molecule has 0 spiro atoms. The van der Waals surface area contributed by atoms with E-state index < -0.39 is 0 Å². The fourth-order valence-corrected chi connectivity index (χ4v) is 2.20. The number of nitrogens with zero attached hydrogens (tertiary/aromatic N) is 1. The van der Waals surface area contributed by atoms with E-state index in [4.69, 9.17) is 17.2 Å². The molecule has 0 aliphatic rings. The lowest BCUT2D eigenvalue weighted by Crippen LogP contribution is -2.31. The highest BCUT2D eigenvalue weighted by Crippen LogP contribution is 2.23. The van der Waals surface area contributed by atoms with Crippen LogP contribution in [0.3, 0.4) is 0 Å². The van der Waals surface area contributed by atoms with Crippen molar-refractivity contribution >= 4 is 5.70 Å². The van der Waals surface area contributed by atoms with Crippen LogP contribution in [0.5, 0.6) is 5.75 Å². The van der Waals surface area contributed by atoms with E-state index in [0.29, 0.717) is 22.9 Å². The monoisotopic (exact) mass is 304 g/mol. The van der Waals surface area contributed by atoms with Crippen molar-refractivity contribution in [1.29, 1.82) is 0 Å². The summed E-state index contributed by atoms with van der Waals surface area (Å²) in [7, 11) is 0. The Balaban J connectivity index is 3.14. The zero-order chi connectivity index (χ0) is 16.7. The van der Waals surface area contributed by atoms with Gasteiger partial charge >= 0.3 is 0 Å². The molecule has 0 fully saturated rings. The lowest BCUT2D eigenvalue weighted by molar-refractivity contribution is 0.308. The van der Waals surface area contributed by atoms with E-state index >= 15 is 0 Å². The maximum Gasteiger partial charge on any atom is 0.124 e. The summed E-state index contributed by atoms with van der Waals surface area (Å²) in [5, 5.41) is 9.90. The Hall–Kier alpha value is -2.30. The third-order valence-corrected chi connectivity index (χ3v) is 3.75. The fraction of sp³-hybridized carbons (Fsp3) is 0.412. The highest BCUT2D eigenvalue weighted by atomic mass is 16.3. The van der Waals surface area contributed by atoms with E-state index in [0.717, 1.165) is 19.5 Å². The van der Waals surface area contributed by atoms with Crippen LogP contribution in [0.1, 0.15) is 32.8 Å². The quantitative estimate of drug-likeness (QED) is 0.578. The van der Waals surface area contributed by atoms with Crippen LogP contribution in [0.2, 0.25) is 0 Å². The number of hydrogen-bond donors (Lipinski definition) is 4. The zero-order valence-corrected chi connectivity index (χ0v) is 13.7. The van der Waals surface area contributed by atoms with Crippen molar-refractivity contribution in [2.45, 2.75) is 27.2 Å². The average Bonchev–Trinajstić information content (AvgIpc) is 2.50. The summed E-state index contributed by atoms with van der Waals surface area (Å²) in [6, 6.07) is 6.93. The standard InChI is InChI=1S/C17H28N4O/c1-4-12(3)11-21(5-2)15(17(19)20)10-14(18)13-8-6-7-9-16(13)22/h6-10,12,22H,4-5,11,18-20H2,1-3H3/b14-10-/t12-/m0/s1. The molecule has 0 radical (unpaired) electrons. The number of aromatic hydroxyl groups is 1. The van der Waals surface area contributed by atoms with Crippen LogP contribution < -0.4 is 17.2 Å². The minimum atomic E-state index is 0.135. The Morgan fingerprint density at radius 2 is 1.86 bits per heavy atom. The van der Waals surface area contributed by atoms with Crippen LogP contribution in [0.15, 0.2) is 41.9 Å². The number of likely N-dealkylation sites (N-methyl/N-ethyl adjacent to an activating group) is 1. The fourth-order valence-electron chi connectivity index (χ4n) is 2.20. The largest absolute Gasteiger partial charge is 0.507 e. The molecule has 1 rings (SSSR count). The minimum Gasteiger partial charge on any atom is -0.507 e. The number of allylic oxidation sites excluding steroid dienone is 1. The first-order valence-electron chi connectivity index (χ1n) is 7.66. The van der Waals surface area contributed by atoms with Gasteiger partial charge in [0.15, 0.2) is 0 Å². The van der Waals surface area contributed by atoms with Gasteiger partial charge < -0.3 is 27.2 Å². The number of benzene rings is 1. The van der Waals surface area contributed by atoms with Gasteiger partial charge in [0.1, 0.15) is 11.6 Å². The summed E-state index contributed by atoms with van der Waals surface area (Å²) in [4.78, 5) is 2.11. The van der Waals surface area contributed by atoms with Gasteiger partial charge in [-0.3, -0.25) is 0 Å². The van der Waals surface area contributed by atoms with Gasteiger partial charge in [0.2, 0.25) is 0 Å². The Morgan fingerprint density at radius 3 is 2.36 bits per heavy atom. The summed E-state index contributed by atoms with van der Waals surface area (Å²) < 4.78 is 0. The number of phenols is 1. The van der Waals surface area contributed by atoms with Gasteiger partial charge in [0.05, 0.1) is 5.70 Å². The second-order valence-corrected chi connectivity index (χ2v) is 5.51. The zero-order valence-electron chi connectivity index (χ0n) is 13.7. The molecule has 1 aromatic carbocycles. The summed E-state index contributed by atoms with van der Waals surface area (Å²) in [6.07, 6.45) is 2.81. The van der Waals surface area contributed by atoms with Gasteiger partial charge in [-0.1, -0.05) is 32.4 Å². The van der Waals surface area contributed by atoms with Gasteiger partial charge in [-0.2, -0.15) is 0 Å². The number of rotatable bonds is 7. The molecule has 0 aliphatic heterocycles. The van der Waals surface area contributed by atoms with Gasteiger partial charge in [-0.15, -0.1) is 0 Å². The molecule has 0 amide bonds. The number of nitrogens with two attached hydrogens (primary N) is 3. The second kappa shape index (κ2) is 8.22. The number of para-hydroxylation sites is 1. The lowest BCUT2D eigenvalue weighted by Gasteiger charge is -2.28. The van der Waals surface area contributed by atoms with Gasteiger partial charge in [0.25, 0.3) is 0 Å². The minimum absolute atomic E-state index is 0.135. The third kappa shape index (κ3) is 4.62. The first-order valence-corrected chi connectivity index (χ1v) is 7.66. The topological polar surface area (TPSA) is 102 Å². The molecule has 1 aromatic rings. The molecule has 0 aliphatic carbocycles. The van der Waals surface area contributed by atoms with Crippen LogP contribution in [-0.4, -0.2) is 23.1 Å². The van der Waals surface area contributed by atoms with Crippen molar-refractivity contribution in [3.63, 3.8) is 0 Å². The number of phenolic OH excluding ortho intramolecular Hbond substituents is 1. The molecular weight excluding hydrogens is 276 g/mol. The summed E-state index contributed by atoms with van der Waals surface area (Å²) in [6.45, 7) is 8.02. The Bertz CT molecular complexity index is 547. The van der Waals surface area contributed by atoms with E-state index in [-0.39, 0.29) is 11.6 Å². The van der Waals surface area contributed by atoms with Crippen molar-refractivity contribution in [3.05, 3.63) is 47.4 Å². The molecule has 122 valence electrons. The molecule has 5 heteroatoms. The van der Waals surface area contributed by atoms with Crippen molar-refractivity contribution < 1.29 is 5.11 Å². The molecule has 22 heavy (non-hydrogen) atoms. The molecule has 0 bridgehead atoms. The Labute approximate surface area is 133 Å². The average molecular weight is 304 g/mol. The maximum absolute atomic E-state index is 9.90. The Morgan fingerprint density at radius 1 is 1.23 bits per heavy atom. The van der Waals surface area contributed by atoms with Crippen LogP contribution in [0, 0.1) is 5.92 Å². The first kappa shape index (κ1) is 17.8. The molecular formula is C17H28N4O. The van der Waals surface area contributed by atoms with Crippen LogP contribution >= 0.6 is 0 Å². The SMILES string of the molecule is CC[C@H](C)CN(CC)C(/C=C(\N)c1ccccc1O)=C(N)N. The van der Waals surface area contributed by atoms with Crippen molar-refractivity contribution in [2.75, 3.05) is 13.1 Å². The summed E-state index contributed by atoms with van der Waals surface area (Å²) in [5.41, 5.74) is 19.5. The smallest absolute Gasteiger partial charge is 0.124 e. The van der Waals surface area contributed by atoms with E-state index in [2.05, 4.69) is 25.7 Å². The molecule has 7 N–H and O–H groups in total. The van der Waals surface area contributed by atoms with E-state index in [1.807, 2.05) is 6.07 Å². The van der Waals surface area contributed by atoms with Crippen molar-refractivity contribution in [3.8, 4) is 5.75 Å². The molecule has 0 aromatic heterocycles. The molecule has 0 unspecified atom stereocenters. The van der Waals surface area contributed by atoms with Gasteiger partial charge in [0, 0.05) is 24.4 Å². The molecule has 5 nitrogen and oxygen atoms in total. The third-order valence-electron chi connectivity index (χ3n) is 3.75. The molecule has 0 saturated carbocycles. The maximum atomic E-state index is 9.90. The van der Waals surface area contributed by atoms with Crippen molar-refractivity contribution in [2.24, 2.45) is 23.1 Å². The molecule has 1 atom stereocenters. The van der Waals surface area contributed by atoms with Gasteiger partial charge in [-0.25, -0.2) is 0 Å². The molecule has 0 heterocycles.